The number of benzene rings is 1. The van der Waals surface area contributed by atoms with Crippen LogP contribution in [-0.4, -0.2) is 24.0 Å². The van der Waals surface area contributed by atoms with Crippen LogP contribution in [0, 0.1) is 0 Å². The molecule has 0 radical (unpaired) electrons. The van der Waals surface area contributed by atoms with Gasteiger partial charge in [0.25, 0.3) is 5.91 Å². The Bertz CT molecular complexity index is 610. The van der Waals surface area contributed by atoms with Crippen molar-refractivity contribution in [3.05, 3.63) is 54.4 Å². The number of ether oxygens (including phenoxy) is 1. The number of hydrazine groups is 1. The lowest BCUT2D eigenvalue weighted by atomic mass is 10.1. The Hall–Kier alpha value is -2.44. The fraction of sp³-hybridized carbons (Fsp3) is 0.250. The van der Waals surface area contributed by atoms with Crippen LogP contribution < -0.4 is 20.9 Å². The van der Waals surface area contributed by atoms with Crippen LogP contribution in [0.3, 0.4) is 0 Å². The predicted octanol–water partition coefficient (Wildman–Crippen LogP) is 1.64. The van der Waals surface area contributed by atoms with Crippen molar-refractivity contribution in [3.63, 3.8) is 0 Å². The van der Waals surface area contributed by atoms with Gasteiger partial charge in [-0.25, -0.2) is 0 Å². The Morgan fingerprint density at radius 1 is 1.32 bits per heavy atom. The molecule has 2 aromatic rings. The van der Waals surface area contributed by atoms with Crippen molar-refractivity contribution in [1.82, 2.24) is 15.8 Å². The van der Waals surface area contributed by atoms with Crippen LogP contribution in [0.2, 0.25) is 0 Å². The number of pyridine rings is 1. The van der Waals surface area contributed by atoms with Crippen molar-refractivity contribution in [2.45, 2.75) is 12.5 Å². The Kier molecular flexibility index (Phi) is 4.62. The van der Waals surface area contributed by atoms with Gasteiger partial charge < -0.3 is 10.1 Å². The Morgan fingerprint density at radius 2 is 2.18 bits per heavy atom. The number of nitrogens with zero attached hydrogens (tertiary/aromatic N) is 1. The number of amides is 1. The van der Waals surface area contributed by atoms with Crippen LogP contribution in [-0.2, 0) is 4.79 Å². The molecule has 1 aromatic heterocycles. The monoisotopic (exact) mass is 298 g/mol. The van der Waals surface area contributed by atoms with Crippen LogP contribution in [0.15, 0.2) is 48.8 Å². The van der Waals surface area contributed by atoms with E-state index in [-0.39, 0.29) is 12.5 Å². The molecule has 0 spiro atoms. The zero-order valence-electron chi connectivity index (χ0n) is 12.1. The van der Waals surface area contributed by atoms with E-state index in [0.717, 1.165) is 18.7 Å². The number of aromatic nitrogens is 1. The van der Waals surface area contributed by atoms with Crippen LogP contribution in [0.1, 0.15) is 18.0 Å². The van der Waals surface area contributed by atoms with Gasteiger partial charge in [-0.2, -0.15) is 0 Å². The summed E-state index contributed by atoms with van der Waals surface area (Å²) in [6, 6.07) is 11.7. The second-order valence-corrected chi connectivity index (χ2v) is 5.06. The molecule has 114 valence electrons. The molecule has 2 heterocycles. The molecule has 1 unspecified atom stereocenters. The number of anilines is 1. The van der Waals surface area contributed by atoms with Gasteiger partial charge in [0.1, 0.15) is 5.75 Å². The maximum atomic E-state index is 11.8. The lowest BCUT2D eigenvalue weighted by Gasteiger charge is -2.11. The summed E-state index contributed by atoms with van der Waals surface area (Å²) in [5, 5.41) is 2.81. The summed E-state index contributed by atoms with van der Waals surface area (Å²) >= 11 is 0. The van der Waals surface area contributed by atoms with Crippen LogP contribution >= 0.6 is 0 Å². The zero-order chi connectivity index (χ0) is 15.2. The van der Waals surface area contributed by atoms with E-state index in [1.807, 2.05) is 24.3 Å². The number of hydrogen-bond donors (Lipinski definition) is 3. The van der Waals surface area contributed by atoms with Gasteiger partial charge in [-0.05, 0) is 36.2 Å². The first kappa shape index (κ1) is 14.5. The van der Waals surface area contributed by atoms with E-state index < -0.39 is 0 Å². The largest absolute Gasteiger partial charge is 0.482 e. The van der Waals surface area contributed by atoms with Crippen molar-refractivity contribution < 1.29 is 9.53 Å². The van der Waals surface area contributed by atoms with E-state index in [0.29, 0.717) is 11.8 Å². The van der Waals surface area contributed by atoms with Gasteiger partial charge >= 0.3 is 0 Å². The Labute approximate surface area is 128 Å². The van der Waals surface area contributed by atoms with Gasteiger partial charge in [0, 0.05) is 24.5 Å². The number of carbonyl (C=O) groups is 1. The normalized spacial score (nSPS) is 17.2. The van der Waals surface area contributed by atoms with Gasteiger partial charge in [0.2, 0.25) is 0 Å². The van der Waals surface area contributed by atoms with E-state index in [4.69, 9.17) is 4.74 Å². The molecule has 0 aliphatic carbocycles. The standard InChI is InChI=1S/C16H18N4O2/c21-16(11-22-14-2-1-8-17-10-14)19-13-5-3-12(4-6-13)15-7-9-18-20-15/h1-6,8,10,15,18,20H,7,9,11H2,(H,19,21). The SMILES string of the molecule is O=C(COc1cccnc1)Nc1ccc(C2CCNN2)cc1. The van der Waals surface area contributed by atoms with Crippen molar-refractivity contribution >= 4 is 11.6 Å². The summed E-state index contributed by atoms with van der Waals surface area (Å²) in [5.41, 5.74) is 8.28. The van der Waals surface area contributed by atoms with E-state index >= 15 is 0 Å². The molecule has 1 aromatic carbocycles. The van der Waals surface area contributed by atoms with Gasteiger partial charge in [-0.3, -0.25) is 20.6 Å². The molecule has 1 saturated heterocycles. The van der Waals surface area contributed by atoms with Gasteiger partial charge in [-0.1, -0.05) is 12.1 Å². The molecule has 6 nitrogen and oxygen atoms in total. The lowest BCUT2D eigenvalue weighted by molar-refractivity contribution is -0.118. The highest BCUT2D eigenvalue weighted by molar-refractivity contribution is 5.91. The summed E-state index contributed by atoms with van der Waals surface area (Å²) in [5.74, 6) is 0.380. The zero-order valence-corrected chi connectivity index (χ0v) is 12.1. The minimum absolute atomic E-state index is 0.0401. The molecule has 0 bridgehead atoms. The second kappa shape index (κ2) is 7.02. The van der Waals surface area contributed by atoms with Crippen LogP contribution in [0.5, 0.6) is 5.75 Å². The maximum absolute atomic E-state index is 11.8. The van der Waals surface area contributed by atoms with Gasteiger partial charge in [0.15, 0.2) is 6.61 Å². The highest BCUT2D eigenvalue weighted by Crippen LogP contribution is 2.20. The molecule has 1 fully saturated rings. The van der Waals surface area contributed by atoms with E-state index in [1.165, 1.54) is 5.56 Å². The minimum atomic E-state index is -0.197. The molecule has 3 rings (SSSR count). The van der Waals surface area contributed by atoms with E-state index in [2.05, 4.69) is 21.2 Å². The summed E-state index contributed by atoms with van der Waals surface area (Å²) in [7, 11) is 0. The van der Waals surface area contributed by atoms with Gasteiger partial charge in [-0.15, -0.1) is 0 Å². The summed E-state index contributed by atoms with van der Waals surface area (Å²) < 4.78 is 5.35. The average Bonchev–Trinajstić information content (AvgIpc) is 3.09. The summed E-state index contributed by atoms with van der Waals surface area (Å²) in [6.07, 6.45) is 4.29. The summed E-state index contributed by atoms with van der Waals surface area (Å²) in [4.78, 5) is 15.8. The molecular weight excluding hydrogens is 280 g/mol. The quantitative estimate of drug-likeness (QED) is 0.782. The maximum Gasteiger partial charge on any atom is 0.262 e. The fourth-order valence-corrected chi connectivity index (χ4v) is 2.31. The third-order valence-electron chi connectivity index (χ3n) is 3.44. The predicted molar refractivity (Wildman–Crippen MR) is 83.3 cm³/mol. The lowest BCUT2D eigenvalue weighted by Crippen LogP contribution is -2.24. The number of hydrogen-bond acceptors (Lipinski definition) is 5. The first-order chi connectivity index (χ1) is 10.8. The van der Waals surface area contributed by atoms with Crippen molar-refractivity contribution in [2.75, 3.05) is 18.5 Å². The molecule has 1 aliphatic heterocycles. The number of nitrogens with one attached hydrogen (secondary N) is 3. The van der Waals surface area contributed by atoms with Crippen molar-refractivity contribution in [2.24, 2.45) is 0 Å². The Morgan fingerprint density at radius 3 is 2.86 bits per heavy atom. The van der Waals surface area contributed by atoms with Crippen molar-refractivity contribution in [3.8, 4) is 5.75 Å². The van der Waals surface area contributed by atoms with Crippen molar-refractivity contribution in [1.29, 1.82) is 0 Å². The third-order valence-corrected chi connectivity index (χ3v) is 3.44. The third kappa shape index (κ3) is 3.81. The molecule has 6 heteroatoms. The summed E-state index contributed by atoms with van der Waals surface area (Å²) in [6.45, 7) is 0.927. The minimum Gasteiger partial charge on any atom is -0.482 e. The highest BCUT2D eigenvalue weighted by Gasteiger charge is 2.15. The van der Waals surface area contributed by atoms with Crippen LogP contribution in [0.25, 0.3) is 0 Å². The second-order valence-electron chi connectivity index (χ2n) is 5.06. The van der Waals surface area contributed by atoms with E-state index in [1.54, 1.807) is 24.5 Å². The smallest absolute Gasteiger partial charge is 0.262 e. The van der Waals surface area contributed by atoms with E-state index in [9.17, 15) is 4.79 Å². The topological polar surface area (TPSA) is 75.3 Å². The molecular formula is C16H18N4O2. The molecule has 1 amide bonds. The molecule has 3 N–H and O–H groups in total. The highest BCUT2D eigenvalue weighted by atomic mass is 16.5. The first-order valence-corrected chi connectivity index (χ1v) is 7.22. The first-order valence-electron chi connectivity index (χ1n) is 7.22. The molecule has 1 aliphatic rings. The molecule has 1 atom stereocenters. The average molecular weight is 298 g/mol. The van der Waals surface area contributed by atoms with Crippen LogP contribution in [0.4, 0.5) is 5.69 Å². The fourth-order valence-electron chi connectivity index (χ4n) is 2.31. The number of carbonyl (C=O) groups excluding carboxylic acids is 1. The molecule has 0 saturated carbocycles. The Balaban J connectivity index is 1.50. The molecule has 22 heavy (non-hydrogen) atoms. The number of rotatable bonds is 5. The van der Waals surface area contributed by atoms with Gasteiger partial charge in [0.05, 0.1) is 6.20 Å².